The molecule has 8 heteroatoms. The third-order valence-corrected chi connectivity index (χ3v) is 5.54. The molecule has 0 saturated heterocycles. The minimum atomic E-state index is -0.756. The van der Waals surface area contributed by atoms with E-state index in [0.717, 1.165) is 6.42 Å². The quantitative estimate of drug-likeness (QED) is 0.688. The van der Waals surface area contributed by atoms with Crippen LogP contribution in [-0.2, 0) is 18.5 Å². The highest BCUT2D eigenvalue weighted by Crippen LogP contribution is 2.38. The average Bonchev–Trinajstić information content (AvgIpc) is 3.21. The smallest absolute Gasteiger partial charge is 0.173 e. The monoisotopic (exact) mass is 397 g/mol. The second-order valence-electron chi connectivity index (χ2n) is 7.99. The zero-order valence-electron chi connectivity index (χ0n) is 16.5. The van der Waals surface area contributed by atoms with Gasteiger partial charge in [-0.2, -0.15) is 0 Å². The fourth-order valence-corrected chi connectivity index (χ4v) is 3.85. The van der Waals surface area contributed by atoms with Crippen molar-refractivity contribution in [3.8, 4) is 5.75 Å². The van der Waals surface area contributed by atoms with Crippen molar-refractivity contribution in [1.82, 2.24) is 25.1 Å². The maximum atomic E-state index is 14.2. The summed E-state index contributed by atoms with van der Waals surface area (Å²) in [6, 6.07) is 12.1. The fourth-order valence-electron chi connectivity index (χ4n) is 3.85. The van der Waals surface area contributed by atoms with Crippen LogP contribution in [0, 0.1) is 5.82 Å². The van der Waals surface area contributed by atoms with Gasteiger partial charge in [0.15, 0.2) is 17.4 Å². The molecule has 152 valence electrons. The molecule has 2 N–H and O–H groups in total. The number of tetrazole rings is 1. The number of hydrogen-bond acceptors (Lipinski definition) is 6. The van der Waals surface area contributed by atoms with Gasteiger partial charge < -0.3 is 10.2 Å². The van der Waals surface area contributed by atoms with Crippen LogP contribution in [0.15, 0.2) is 42.5 Å². The van der Waals surface area contributed by atoms with Crippen LogP contribution in [0.4, 0.5) is 4.39 Å². The van der Waals surface area contributed by atoms with Crippen LogP contribution in [0.5, 0.6) is 5.75 Å². The van der Waals surface area contributed by atoms with Crippen LogP contribution in [0.3, 0.4) is 0 Å². The molecule has 7 nitrogen and oxygen atoms in total. The molecule has 3 aromatic rings. The predicted molar refractivity (Wildman–Crippen MR) is 105 cm³/mol. The van der Waals surface area contributed by atoms with E-state index in [1.165, 1.54) is 17.2 Å². The van der Waals surface area contributed by atoms with E-state index in [1.807, 2.05) is 26.0 Å². The van der Waals surface area contributed by atoms with Gasteiger partial charge in [0, 0.05) is 18.7 Å². The minimum Gasteiger partial charge on any atom is -0.505 e. The van der Waals surface area contributed by atoms with Gasteiger partial charge in [0.1, 0.15) is 6.04 Å². The van der Waals surface area contributed by atoms with Gasteiger partial charge in [-0.15, -0.1) is 5.10 Å². The van der Waals surface area contributed by atoms with Crippen molar-refractivity contribution in [3.05, 3.63) is 70.8 Å². The summed E-state index contributed by atoms with van der Waals surface area (Å²) in [6.45, 7) is 4.78. The van der Waals surface area contributed by atoms with Crippen molar-refractivity contribution in [2.45, 2.75) is 38.4 Å². The number of benzene rings is 2. The van der Waals surface area contributed by atoms with E-state index in [4.69, 9.17) is 0 Å². The summed E-state index contributed by atoms with van der Waals surface area (Å²) in [4.78, 5) is 2.13. The van der Waals surface area contributed by atoms with Crippen LogP contribution in [0.25, 0.3) is 0 Å². The second kappa shape index (κ2) is 7.53. The van der Waals surface area contributed by atoms with Crippen LogP contribution in [0.1, 0.15) is 42.4 Å². The molecule has 1 aliphatic rings. The number of hydrogen-bond donors (Lipinski definition) is 2. The number of phenolic OH excluding ortho intramolecular Hbond substituents is 1. The molecule has 0 spiro atoms. The lowest BCUT2D eigenvalue weighted by Gasteiger charge is -2.36. The highest BCUT2D eigenvalue weighted by atomic mass is 19.1. The summed E-state index contributed by atoms with van der Waals surface area (Å²) in [5.74, 6) is -0.651. The molecule has 1 aromatic heterocycles. The van der Waals surface area contributed by atoms with E-state index in [1.54, 1.807) is 16.8 Å². The van der Waals surface area contributed by atoms with Gasteiger partial charge in [-0.05, 0) is 47.9 Å². The van der Waals surface area contributed by atoms with Gasteiger partial charge in [0.05, 0.1) is 12.1 Å². The summed E-state index contributed by atoms with van der Waals surface area (Å²) in [6.07, 6.45) is 0.827. The van der Waals surface area contributed by atoms with E-state index < -0.39 is 23.1 Å². The number of para-hydroxylation sites is 1. The molecule has 4 rings (SSSR count). The lowest BCUT2D eigenvalue weighted by atomic mass is 9.95. The first-order valence-electron chi connectivity index (χ1n) is 9.60. The Hall–Kier alpha value is -2.84. The maximum absolute atomic E-state index is 14.2. The molecule has 2 aromatic carbocycles. The topological polar surface area (TPSA) is 87.3 Å². The van der Waals surface area contributed by atoms with Crippen LogP contribution in [0.2, 0.25) is 0 Å². The number of rotatable bonds is 5. The molecular formula is C21H24FN5O2. The Morgan fingerprint density at radius 3 is 2.66 bits per heavy atom. The third-order valence-electron chi connectivity index (χ3n) is 5.54. The first kappa shape index (κ1) is 19.5. The first-order valence-corrected chi connectivity index (χ1v) is 9.60. The van der Waals surface area contributed by atoms with Crippen LogP contribution < -0.4 is 0 Å². The largest absolute Gasteiger partial charge is 0.505 e. The number of aromatic hydroxyl groups is 1. The SMILES string of the molecule is CC(C)(CO)n1nnnc1C(c1cccc(F)c1O)N1CCc2ccccc2C1. The zero-order chi connectivity index (χ0) is 20.6. The molecule has 1 unspecified atom stereocenters. The number of aromatic nitrogens is 4. The van der Waals surface area contributed by atoms with Crippen LogP contribution in [-0.4, -0.2) is 48.5 Å². The fraction of sp³-hybridized carbons (Fsp3) is 0.381. The summed E-state index contributed by atoms with van der Waals surface area (Å²) in [5, 5.41) is 32.5. The Morgan fingerprint density at radius 1 is 1.14 bits per heavy atom. The number of fused-ring (bicyclic) bond motifs is 1. The Labute approximate surface area is 168 Å². The summed E-state index contributed by atoms with van der Waals surface area (Å²) >= 11 is 0. The van der Waals surface area contributed by atoms with Crippen molar-refractivity contribution >= 4 is 0 Å². The zero-order valence-corrected chi connectivity index (χ0v) is 16.5. The molecule has 2 heterocycles. The number of aliphatic hydroxyl groups is 1. The van der Waals surface area contributed by atoms with Gasteiger partial charge in [-0.1, -0.05) is 36.4 Å². The molecule has 29 heavy (non-hydrogen) atoms. The molecule has 0 amide bonds. The molecule has 0 fully saturated rings. The number of halogens is 1. The molecule has 0 radical (unpaired) electrons. The van der Waals surface area contributed by atoms with E-state index in [2.05, 4.69) is 32.6 Å². The predicted octanol–water partition coefficient (Wildman–Crippen LogP) is 2.39. The number of phenols is 1. The standard InChI is InChI=1S/C21H24FN5O2/c1-21(2,13-28)27-20(23-24-25-27)18(16-8-5-9-17(22)19(16)29)26-11-10-14-6-3-4-7-15(14)12-26/h3-9,18,28-29H,10-13H2,1-2H3. The molecule has 0 bridgehead atoms. The second-order valence-corrected chi connectivity index (χ2v) is 7.99. The Balaban J connectivity index is 1.84. The summed E-state index contributed by atoms with van der Waals surface area (Å²) in [7, 11) is 0. The Bertz CT molecular complexity index is 1020. The van der Waals surface area contributed by atoms with Crippen molar-refractivity contribution < 1.29 is 14.6 Å². The molecule has 1 atom stereocenters. The molecule has 0 aliphatic carbocycles. The number of nitrogens with zero attached hydrogens (tertiary/aromatic N) is 5. The van der Waals surface area contributed by atoms with Crippen molar-refractivity contribution in [3.63, 3.8) is 0 Å². The first-order chi connectivity index (χ1) is 13.9. The Kier molecular flexibility index (Phi) is 5.06. The van der Waals surface area contributed by atoms with E-state index in [9.17, 15) is 14.6 Å². The molecule has 1 aliphatic heterocycles. The normalized spacial score (nSPS) is 15.9. The summed E-state index contributed by atoms with van der Waals surface area (Å²) in [5.41, 5.74) is 2.10. The summed E-state index contributed by atoms with van der Waals surface area (Å²) < 4.78 is 15.8. The van der Waals surface area contributed by atoms with Crippen molar-refractivity contribution in [1.29, 1.82) is 0 Å². The van der Waals surface area contributed by atoms with E-state index >= 15 is 0 Å². The van der Waals surface area contributed by atoms with E-state index in [-0.39, 0.29) is 6.61 Å². The minimum absolute atomic E-state index is 0.171. The van der Waals surface area contributed by atoms with Gasteiger partial charge in [0.2, 0.25) is 0 Å². The lowest BCUT2D eigenvalue weighted by molar-refractivity contribution is 0.132. The van der Waals surface area contributed by atoms with Crippen molar-refractivity contribution in [2.75, 3.05) is 13.2 Å². The van der Waals surface area contributed by atoms with Gasteiger partial charge in [0.25, 0.3) is 0 Å². The van der Waals surface area contributed by atoms with Gasteiger partial charge >= 0.3 is 0 Å². The van der Waals surface area contributed by atoms with Gasteiger partial charge in [-0.25, -0.2) is 9.07 Å². The van der Waals surface area contributed by atoms with Crippen LogP contribution >= 0.6 is 0 Å². The van der Waals surface area contributed by atoms with E-state index in [0.29, 0.717) is 24.5 Å². The highest BCUT2D eigenvalue weighted by molar-refractivity contribution is 5.40. The van der Waals surface area contributed by atoms with Gasteiger partial charge in [-0.3, -0.25) is 4.90 Å². The van der Waals surface area contributed by atoms with Crippen molar-refractivity contribution in [2.24, 2.45) is 0 Å². The maximum Gasteiger partial charge on any atom is 0.173 e. The molecule has 0 saturated carbocycles. The average molecular weight is 397 g/mol. The highest BCUT2D eigenvalue weighted by Gasteiger charge is 2.36. The number of aliphatic hydroxyl groups excluding tert-OH is 1. The third kappa shape index (κ3) is 3.49. The lowest BCUT2D eigenvalue weighted by Crippen LogP contribution is -2.40. The molecular weight excluding hydrogens is 373 g/mol. The Morgan fingerprint density at radius 2 is 1.90 bits per heavy atom.